The maximum atomic E-state index is 13.8. The SMILES string of the molecule is CN=C(NCCc1cc(F)cc2c1OCOC2)NCc1cc(F)ccc1F.I. The first kappa shape index (κ1) is 22.3. The molecule has 0 atom stereocenters. The summed E-state index contributed by atoms with van der Waals surface area (Å²) in [5, 5.41) is 5.98. The molecular weight excluding hydrogens is 486 g/mol. The molecule has 3 rings (SSSR count). The fraction of sp³-hybridized carbons (Fsp3) is 0.316. The van der Waals surface area contributed by atoms with E-state index in [1.165, 1.54) is 12.1 Å². The smallest absolute Gasteiger partial charge is 0.191 e. The number of aliphatic imine (C=N–C) groups is 1. The Morgan fingerprint density at radius 3 is 2.64 bits per heavy atom. The maximum Gasteiger partial charge on any atom is 0.191 e. The molecule has 2 aromatic carbocycles. The fourth-order valence-corrected chi connectivity index (χ4v) is 2.84. The Morgan fingerprint density at radius 2 is 1.86 bits per heavy atom. The van der Waals surface area contributed by atoms with Gasteiger partial charge in [-0.2, -0.15) is 0 Å². The van der Waals surface area contributed by atoms with E-state index in [9.17, 15) is 13.2 Å². The third kappa shape index (κ3) is 5.74. The Bertz CT molecular complexity index is 849. The van der Waals surface area contributed by atoms with Gasteiger partial charge in [0.15, 0.2) is 12.8 Å². The van der Waals surface area contributed by atoms with Crippen LogP contribution in [0.3, 0.4) is 0 Å². The summed E-state index contributed by atoms with van der Waals surface area (Å²) in [5.74, 6) is -0.273. The van der Waals surface area contributed by atoms with Crippen molar-refractivity contribution in [3.63, 3.8) is 0 Å². The molecule has 1 heterocycles. The van der Waals surface area contributed by atoms with Gasteiger partial charge in [-0.3, -0.25) is 4.99 Å². The van der Waals surface area contributed by atoms with Crippen molar-refractivity contribution in [1.29, 1.82) is 0 Å². The van der Waals surface area contributed by atoms with Crippen LogP contribution in [0.2, 0.25) is 0 Å². The van der Waals surface area contributed by atoms with Crippen LogP contribution in [0.4, 0.5) is 13.2 Å². The number of ether oxygens (including phenoxy) is 2. The normalized spacial score (nSPS) is 13.2. The topological polar surface area (TPSA) is 54.9 Å². The fourth-order valence-electron chi connectivity index (χ4n) is 2.84. The number of hydrogen-bond donors (Lipinski definition) is 2. The van der Waals surface area contributed by atoms with Crippen molar-refractivity contribution < 1.29 is 22.6 Å². The molecular formula is C19H21F3IN3O2. The largest absolute Gasteiger partial charge is 0.467 e. The molecule has 2 N–H and O–H groups in total. The van der Waals surface area contributed by atoms with Crippen molar-refractivity contribution in [2.75, 3.05) is 20.4 Å². The summed E-state index contributed by atoms with van der Waals surface area (Å²) in [6, 6.07) is 6.12. The van der Waals surface area contributed by atoms with Crippen LogP contribution in [0.25, 0.3) is 0 Å². The summed E-state index contributed by atoms with van der Waals surface area (Å²) in [6.07, 6.45) is 0.495. The molecule has 0 saturated heterocycles. The molecule has 0 aliphatic carbocycles. The highest BCUT2D eigenvalue weighted by molar-refractivity contribution is 14.0. The average molecular weight is 507 g/mol. The van der Waals surface area contributed by atoms with Crippen LogP contribution < -0.4 is 15.4 Å². The summed E-state index contributed by atoms with van der Waals surface area (Å²) in [7, 11) is 1.57. The zero-order valence-electron chi connectivity index (χ0n) is 15.2. The number of nitrogens with zero attached hydrogens (tertiary/aromatic N) is 1. The van der Waals surface area contributed by atoms with E-state index in [1.807, 2.05) is 0 Å². The standard InChI is InChI=1S/C19H20F3N3O2.HI/c1-23-19(25-9-13-7-15(20)2-3-17(13)22)24-5-4-12-6-16(21)8-14-10-26-11-27-18(12)14;/h2-3,6-8H,4-5,9-11H2,1H3,(H2,23,24,25);1H. The van der Waals surface area contributed by atoms with Crippen molar-refractivity contribution in [3.8, 4) is 5.75 Å². The quantitative estimate of drug-likeness (QED) is 0.370. The number of benzene rings is 2. The minimum absolute atomic E-state index is 0. The molecule has 0 amide bonds. The highest BCUT2D eigenvalue weighted by Crippen LogP contribution is 2.29. The van der Waals surface area contributed by atoms with E-state index in [1.54, 1.807) is 7.05 Å². The van der Waals surface area contributed by atoms with Crippen LogP contribution in [0, 0.1) is 17.5 Å². The first-order valence-electron chi connectivity index (χ1n) is 8.47. The summed E-state index contributed by atoms with van der Waals surface area (Å²) in [6.45, 7) is 0.988. The minimum Gasteiger partial charge on any atom is -0.467 e. The second kappa shape index (κ2) is 10.5. The summed E-state index contributed by atoms with van der Waals surface area (Å²) in [4.78, 5) is 4.04. The lowest BCUT2D eigenvalue weighted by atomic mass is 10.1. The number of nitrogens with one attached hydrogen (secondary N) is 2. The van der Waals surface area contributed by atoms with Gasteiger partial charge in [-0.15, -0.1) is 24.0 Å². The number of rotatable bonds is 5. The Balaban J connectivity index is 0.00000280. The van der Waals surface area contributed by atoms with Gasteiger partial charge >= 0.3 is 0 Å². The van der Waals surface area contributed by atoms with Crippen LogP contribution in [-0.4, -0.2) is 26.3 Å². The molecule has 2 aromatic rings. The summed E-state index contributed by atoms with van der Waals surface area (Å²) in [5.41, 5.74) is 1.61. The van der Waals surface area contributed by atoms with Crippen LogP contribution in [-0.2, 0) is 24.3 Å². The minimum atomic E-state index is -0.504. The van der Waals surface area contributed by atoms with Gasteiger partial charge in [0.2, 0.25) is 0 Å². The molecule has 9 heteroatoms. The lowest BCUT2D eigenvalue weighted by molar-refractivity contribution is -0.0172. The molecule has 1 aliphatic heterocycles. The van der Waals surface area contributed by atoms with E-state index in [-0.39, 0.29) is 48.7 Å². The highest BCUT2D eigenvalue weighted by Gasteiger charge is 2.16. The van der Waals surface area contributed by atoms with Crippen molar-refractivity contribution in [2.45, 2.75) is 19.6 Å². The van der Waals surface area contributed by atoms with Gasteiger partial charge in [0.05, 0.1) is 6.61 Å². The molecule has 1 aliphatic rings. The number of fused-ring (bicyclic) bond motifs is 1. The third-order valence-electron chi connectivity index (χ3n) is 4.12. The lowest BCUT2D eigenvalue weighted by Gasteiger charge is -2.21. The summed E-state index contributed by atoms with van der Waals surface area (Å²) >= 11 is 0. The second-order valence-corrected chi connectivity index (χ2v) is 6.00. The van der Waals surface area contributed by atoms with Crippen LogP contribution in [0.1, 0.15) is 16.7 Å². The Hall–Kier alpha value is -2.01. The molecule has 0 saturated carbocycles. The van der Waals surface area contributed by atoms with Gasteiger partial charge in [0.25, 0.3) is 0 Å². The zero-order valence-corrected chi connectivity index (χ0v) is 17.6. The first-order chi connectivity index (χ1) is 13.1. The molecule has 0 radical (unpaired) electrons. The van der Waals surface area contributed by atoms with E-state index in [2.05, 4.69) is 15.6 Å². The maximum absolute atomic E-state index is 13.8. The van der Waals surface area contributed by atoms with E-state index in [4.69, 9.17) is 9.47 Å². The second-order valence-electron chi connectivity index (χ2n) is 6.00. The van der Waals surface area contributed by atoms with E-state index < -0.39 is 11.6 Å². The molecule has 0 bridgehead atoms. The molecule has 0 spiro atoms. The van der Waals surface area contributed by atoms with Crippen molar-refractivity contribution in [1.82, 2.24) is 10.6 Å². The Morgan fingerprint density at radius 1 is 1.07 bits per heavy atom. The van der Waals surface area contributed by atoms with Gasteiger partial charge in [-0.05, 0) is 42.3 Å². The number of guanidine groups is 1. The zero-order chi connectivity index (χ0) is 19.2. The molecule has 28 heavy (non-hydrogen) atoms. The van der Waals surface area contributed by atoms with Gasteiger partial charge < -0.3 is 20.1 Å². The molecule has 5 nitrogen and oxygen atoms in total. The van der Waals surface area contributed by atoms with Gasteiger partial charge in [-0.25, -0.2) is 13.2 Å². The Labute approximate surface area is 178 Å². The third-order valence-corrected chi connectivity index (χ3v) is 4.12. The van der Waals surface area contributed by atoms with Crippen LogP contribution >= 0.6 is 24.0 Å². The van der Waals surface area contributed by atoms with Crippen molar-refractivity contribution in [2.24, 2.45) is 4.99 Å². The van der Waals surface area contributed by atoms with Crippen molar-refractivity contribution in [3.05, 3.63) is 64.5 Å². The molecule has 0 fully saturated rings. The molecule has 0 aromatic heterocycles. The van der Waals surface area contributed by atoms with Crippen LogP contribution in [0.5, 0.6) is 5.75 Å². The van der Waals surface area contributed by atoms with E-state index in [0.29, 0.717) is 36.8 Å². The predicted octanol–water partition coefficient (Wildman–Crippen LogP) is 3.50. The van der Waals surface area contributed by atoms with E-state index >= 15 is 0 Å². The monoisotopic (exact) mass is 507 g/mol. The lowest BCUT2D eigenvalue weighted by Crippen LogP contribution is -2.38. The Kier molecular flexibility index (Phi) is 8.36. The highest BCUT2D eigenvalue weighted by atomic mass is 127. The van der Waals surface area contributed by atoms with Gasteiger partial charge in [0.1, 0.15) is 23.2 Å². The molecule has 152 valence electrons. The van der Waals surface area contributed by atoms with Gasteiger partial charge in [0, 0.05) is 31.3 Å². The van der Waals surface area contributed by atoms with E-state index in [0.717, 1.165) is 23.8 Å². The summed E-state index contributed by atoms with van der Waals surface area (Å²) < 4.78 is 51.3. The first-order valence-corrected chi connectivity index (χ1v) is 8.47. The average Bonchev–Trinajstić information content (AvgIpc) is 2.66. The number of halogens is 4. The van der Waals surface area contributed by atoms with Crippen molar-refractivity contribution >= 4 is 29.9 Å². The molecule has 0 unspecified atom stereocenters. The predicted molar refractivity (Wildman–Crippen MR) is 110 cm³/mol. The van der Waals surface area contributed by atoms with Gasteiger partial charge in [-0.1, -0.05) is 0 Å². The van der Waals surface area contributed by atoms with Crippen LogP contribution in [0.15, 0.2) is 35.3 Å². The number of hydrogen-bond acceptors (Lipinski definition) is 3.